The van der Waals surface area contributed by atoms with Gasteiger partial charge in [-0.05, 0) is 55.5 Å². The fourth-order valence-electron chi connectivity index (χ4n) is 4.83. The van der Waals surface area contributed by atoms with E-state index in [0.29, 0.717) is 37.8 Å². The van der Waals surface area contributed by atoms with E-state index in [0.717, 1.165) is 16.9 Å². The molecule has 1 heterocycles. The van der Waals surface area contributed by atoms with Gasteiger partial charge in [0.2, 0.25) is 5.90 Å². The minimum atomic E-state index is -1.01. The van der Waals surface area contributed by atoms with Gasteiger partial charge in [-0.1, -0.05) is 49.6 Å². The maximum absolute atomic E-state index is 13.7. The van der Waals surface area contributed by atoms with E-state index in [1.807, 2.05) is 61.5 Å². The topological polar surface area (TPSA) is 80.2 Å². The molecule has 2 aromatic carbocycles. The van der Waals surface area contributed by atoms with Crippen LogP contribution in [0.2, 0.25) is 0 Å². The normalized spacial score (nSPS) is 22.6. The Morgan fingerprint density at radius 1 is 1.12 bits per heavy atom. The average Bonchev–Trinajstić information content (AvgIpc) is 3.21. The second-order valence-electron chi connectivity index (χ2n) is 9.43. The van der Waals surface area contributed by atoms with Crippen molar-refractivity contribution in [2.75, 3.05) is 19.8 Å². The summed E-state index contributed by atoms with van der Waals surface area (Å²) in [5.41, 5.74) is 0.863. The molecule has 1 aliphatic carbocycles. The number of nitrogens with one attached hydrogen (secondary N) is 1. The summed E-state index contributed by atoms with van der Waals surface area (Å²) >= 11 is 0. The van der Waals surface area contributed by atoms with Crippen molar-refractivity contribution >= 4 is 11.8 Å². The first-order valence-corrected chi connectivity index (χ1v) is 12.5. The summed E-state index contributed by atoms with van der Waals surface area (Å²) < 4.78 is 11.8. The van der Waals surface area contributed by atoms with Gasteiger partial charge in [-0.3, -0.25) is 4.79 Å². The number of amides is 1. The summed E-state index contributed by atoms with van der Waals surface area (Å²) in [6.07, 6.45) is 6.83. The zero-order chi connectivity index (χ0) is 23.8. The van der Waals surface area contributed by atoms with Gasteiger partial charge in [-0.15, -0.1) is 0 Å². The predicted molar refractivity (Wildman–Crippen MR) is 133 cm³/mol. The quantitative estimate of drug-likeness (QED) is 0.514. The molecule has 0 unspecified atom stereocenters. The summed E-state index contributed by atoms with van der Waals surface area (Å²) in [6, 6.07) is 17.6. The third-order valence-electron chi connectivity index (χ3n) is 6.92. The first-order chi connectivity index (χ1) is 16.6. The van der Waals surface area contributed by atoms with Gasteiger partial charge in [0.15, 0.2) is 5.54 Å². The minimum absolute atomic E-state index is 0.0617. The van der Waals surface area contributed by atoms with E-state index in [1.54, 1.807) is 0 Å². The molecular formula is C28H36N2O4. The molecule has 1 amide bonds. The monoisotopic (exact) mass is 464 g/mol. The molecule has 0 aromatic heterocycles. The highest BCUT2D eigenvalue weighted by Crippen LogP contribution is 2.33. The molecule has 1 saturated carbocycles. The lowest BCUT2D eigenvalue weighted by Gasteiger charge is -2.30. The van der Waals surface area contributed by atoms with Gasteiger partial charge in [0.05, 0.1) is 6.61 Å². The Bertz CT molecular complexity index is 954. The lowest BCUT2D eigenvalue weighted by atomic mass is 9.85. The lowest BCUT2D eigenvalue weighted by Crippen LogP contribution is -2.53. The van der Waals surface area contributed by atoms with E-state index >= 15 is 0 Å². The average molecular weight is 465 g/mol. The number of aliphatic imine (C=N–C) groups is 1. The first kappa shape index (κ1) is 24.3. The molecule has 2 atom stereocenters. The molecule has 6 nitrogen and oxygen atoms in total. The molecule has 2 aliphatic rings. The number of carbonyl (C=O) groups is 1. The fourth-order valence-corrected chi connectivity index (χ4v) is 4.83. The number of aliphatic hydroxyl groups excluding tert-OH is 1. The van der Waals surface area contributed by atoms with E-state index in [9.17, 15) is 4.79 Å². The number of ether oxygens (including phenoxy) is 2. The van der Waals surface area contributed by atoms with Crippen LogP contribution in [-0.4, -0.2) is 48.3 Å². The van der Waals surface area contributed by atoms with Crippen LogP contribution in [0.5, 0.6) is 5.75 Å². The van der Waals surface area contributed by atoms with Gasteiger partial charge in [0.1, 0.15) is 11.9 Å². The number of aliphatic hydroxyl groups is 1. The zero-order valence-electron chi connectivity index (χ0n) is 20.0. The maximum atomic E-state index is 13.7. The number of hydrogen-bond donors (Lipinski definition) is 2. The fraction of sp³-hybridized carbons (Fsp3) is 0.500. The van der Waals surface area contributed by atoms with Gasteiger partial charge in [0, 0.05) is 31.6 Å². The molecule has 0 saturated heterocycles. The standard InChI is InChI=1S/C28H36N2O4/c1-21-28(19-22-9-4-2-5-10-22,27(32)29-20-23-11-6-3-7-12-23)30-26(34-21)24-13-15-25(16-14-24)33-18-8-17-31/h2,4-5,9-10,13-16,21,23,31H,3,6-8,11-12,17-20H2,1H3,(H,29,32)/t21-,28-/m1/s1. The van der Waals surface area contributed by atoms with Crippen molar-refractivity contribution in [1.29, 1.82) is 0 Å². The van der Waals surface area contributed by atoms with Crippen LogP contribution in [0.1, 0.15) is 56.6 Å². The van der Waals surface area contributed by atoms with E-state index in [1.165, 1.54) is 32.1 Å². The van der Waals surface area contributed by atoms with E-state index in [2.05, 4.69) is 5.32 Å². The van der Waals surface area contributed by atoms with Crippen LogP contribution in [0.25, 0.3) is 0 Å². The Hall–Kier alpha value is -2.86. The van der Waals surface area contributed by atoms with Gasteiger partial charge >= 0.3 is 0 Å². The highest BCUT2D eigenvalue weighted by atomic mass is 16.5. The molecule has 182 valence electrons. The number of nitrogens with zero attached hydrogens (tertiary/aromatic N) is 1. The molecule has 1 aliphatic heterocycles. The predicted octanol–water partition coefficient (Wildman–Crippen LogP) is 4.29. The Labute approximate surface area is 202 Å². The van der Waals surface area contributed by atoms with Crippen LogP contribution in [0.4, 0.5) is 0 Å². The summed E-state index contributed by atoms with van der Waals surface area (Å²) in [5, 5.41) is 12.2. The van der Waals surface area contributed by atoms with Crippen LogP contribution in [-0.2, 0) is 16.0 Å². The summed E-state index contributed by atoms with van der Waals surface area (Å²) in [6.45, 7) is 3.21. The number of rotatable bonds is 10. The van der Waals surface area contributed by atoms with Crippen molar-refractivity contribution in [3.05, 3.63) is 65.7 Å². The lowest BCUT2D eigenvalue weighted by molar-refractivity contribution is -0.128. The van der Waals surface area contributed by atoms with Gasteiger partial charge in [0.25, 0.3) is 5.91 Å². The number of benzene rings is 2. The first-order valence-electron chi connectivity index (χ1n) is 12.5. The van der Waals surface area contributed by atoms with Crippen LogP contribution < -0.4 is 10.1 Å². The molecule has 6 heteroatoms. The van der Waals surface area contributed by atoms with Crippen LogP contribution in [0.15, 0.2) is 59.6 Å². The van der Waals surface area contributed by atoms with Gasteiger partial charge in [-0.25, -0.2) is 4.99 Å². The molecular weight excluding hydrogens is 428 g/mol. The SMILES string of the molecule is C[C@H]1OC(c2ccc(OCCCO)cc2)=N[C@@]1(Cc1ccccc1)C(=O)NCC1CCCCC1. The van der Waals surface area contributed by atoms with Crippen molar-refractivity contribution in [2.24, 2.45) is 10.9 Å². The second kappa shape index (κ2) is 11.5. The van der Waals surface area contributed by atoms with E-state index in [4.69, 9.17) is 19.6 Å². The Morgan fingerprint density at radius 3 is 2.56 bits per heavy atom. The van der Waals surface area contributed by atoms with E-state index in [-0.39, 0.29) is 12.5 Å². The minimum Gasteiger partial charge on any atom is -0.494 e. The van der Waals surface area contributed by atoms with Crippen LogP contribution in [0.3, 0.4) is 0 Å². The maximum Gasteiger partial charge on any atom is 0.252 e. The molecule has 2 aromatic rings. The summed E-state index contributed by atoms with van der Waals surface area (Å²) in [7, 11) is 0. The molecule has 2 N–H and O–H groups in total. The molecule has 0 bridgehead atoms. The highest BCUT2D eigenvalue weighted by Gasteiger charge is 2.50. The number of hydrogen-bond acceptors (Lipinski definition) is 5. The zero-order valence-corrected chi connectivity index (χ0v) is 20.0. The van der Waals surface area contributed by atoms with Crippen molar-refractivity contribution in [2.45, 2.75) is 63.5 Å². The molecule has 0 spiro atoms. The van der Waals surface area contributed by atoms with Crippen molar-refractivity contribution in [1.82, 2.24) is 5.32 Å². The highest BCUT2D eigenvalue weighted by molar-refractivity contribution is 6.00. The molecule has 34 heavy (non-hydrogen) atoms. The third kappa shape index (κ3) is 5.79. The Morgan fingerprint density at radius 2 is 1.85 bits per heavy atom. The summed E-state index contributed by atoms with van der Waals surface area (Å²) in [4.78, 5) is 18.6. The van der Waals surface area contributed by atoms with Gasteiger partial charge in [-0.2, -0.15) is 0 Å². The molecule has 4 rings (SSSR count). The smallest absolute Gasteiger partial charge is 0.252 e. The Kier molecular flexibility index (Phi) is 8.22. The van der Waals surface area contributed by atoms with E-state index < -0.39 is 11.6 Å². The summed E-state index contributed by atoms with van der Waals surface area (Å²) in [5.74, 6) is 1.70. The Balaban J connectivity index is 1.55. The van der Waals surface area contributed by atoms with Crippen LogP contribution in [0, 0.1) is 5.92 Å². The van der Waals surface area contributed by atoms with Gasteiger partial charge < -0.3 is 19.9 Å². The molecule has 0 radical (unpaired) electrons. The largest absolute Gasteiger partial charge is 0.494 e. The molecule has 1 fully saturated rings. The van der Waals surface area contributed by atoms with Crippen LogP contribution >= 0.6 is 0 Å². The third-order valence-corrected chi connectivity index (χ3v) is 6.92. The number of carbonyl (C=O) groups excluding carboxylic acids is 1. The van der Waals surface area contributed by atoms with Crippen molar-refractivity contribution in [3.8, 4) is 5.75 Å². The van der Waals surface area contributed by atoms with Crippen molar-refractivity contribution < 1.29 is 19.4 Å². The van der Waals surface area contributed by atoms with Crippen molar-refractivity contribution in [3.63, 3.8) is 0 Å². The second-order valence-corrected chi connectivity index (χ2v) is 9.43.